The summed E-state index contributed by atoms with van der Waals surface area (Å²) in [5.74, 6) is -1.41. The normalized spacial score (nSPS) is 16.9. The number of nitrogens with zero attached hydrogens (tertiary/aromatic N) is 1. The third-order valence-electron chi connectivity index (χ3n) is 4.44. The molecule has 5 heteroatoms. The Morgan fingerprint density at radius 1 is 1.16 bits per heavy atom. The summed E-state index contributed by atoms with van der Waals surface area (Å²) >= 11 is 0. The molecular weight excluding hydrogens is 318 g/mol. The highest BCUT2D eigenvalue weighted by molar-refractivity contribution is 5.87. The molecule has 1 unspecified atom stereocenters. The predicted molar refractivity (Wildman–Crippen MR) is 93.3 cm³/mol. The average Bonchev–Trinajstić information content (AvgIpc) is 2.61. The molecule has 0 spiro atoms. The lowest BCUT2D eigenvalue weighted by atomic mass is 9.89. The molecule has 1 aliphatic rings. The second-order valence-electron chi connectivity index (χ2n) is 6.18. The Labute approximate surface area is 146 Å². The molecule has 0 aromatic heterocycles. The van der Waals surface area contributed by atoms with Crippen LogP contribution in [0.1, 0.15) is 39.9 Å². The highest BCUT2D eigenvalue weighted by Crippen LogP contribution is 2.30. The Morgan fingerprint density at radius 3 is 2.56 bits per heavy atom. The van der Waals surface area contributed by atoms with Gasteiger partial charge in [-0.3, -0.25) is 9.69 Å². The van der Waals surface area contributed by atoms with Gasteiger partial charge in [0.25, 0.3) is 0 Å². The molecule has 5 nitrogen and oxygen atoms in total. The van der Waals surface area contributed by atoms with Crippen molar-refractivity contribution < 1.29 is 19.4 Å². The third kappa shape index (κ3) is 3.88. The second-order valence-corrected chi connectivity index (χ2v) is 6.18. The van der Waals surface area contributed by atoms with Crippen molar-refractivity contribution in [2.45, 2.75) is 25.9 Å². The zero-order chi connectivity index (χ0) is 17.8. The molecule has 2 aromatic rings. The summed E-state index contributed by atoms with van der Waals surface area (Å²) in [5.41, 5.74) is 3.47. The van der Waals surface area contributed by atoms with E-state index < -0.39 is 5.97 Å². The molecule has 0 fully saturated rings. The van der Waals surface area contributed by atoms with Crippen molar-refractivity contribution in [3.05, 3.63) is 70.8 Å². The van der Waals surface area contributed by atoms with E-state index >= 15 is 0 Å². The number of carbonyl (C=O) groups excluding carboxylic acids is 1. The molecule has 0 saturated carbocycles. The van der Waals surface area contributed by atoms with E-state index in [-0.39, 0.29) is 17.5 Å². The van der Waals surface area contributed by atoms with Gasteiger partial charge in [0, 0.05) is 19.6 Å². The van der Waals surface area contributed by atoms with Gasteiger partial charge in [-0.15, -0.1) is 0 Å². The van der Waals surface area contributed by atoms with Crippen molar-refractivity contribution >= 4 is 11.9 Å². The smallest absolute Gasteiger partial charge is 0.335 e. The standard InChI is InChI=1S/C20H21NO4/c1-2-25-20(24)18-13-21(12-16-5-3-4-6-17(16)18)11-14-7-9-15(10-8-14)19(22)23/h3-10,18H,2,11-13H2,1H3,(H,22,23). The van der Waals surface area contributed by atoms with Crippen LogP contribution in [-0.2, 0) is 22.6 Å². The van der Waals surface area contributed by atoms with Crippen LogP contribution in [0.2, 0.25) is 0 Å². The van der Waals surface area contributed by atoms with Crippen molar-refractivity contribution in [1.82, 2.24) is 4.90 Å². The number of carboxylic acid groups (broad SMARTS) is 1. The first-order valence-electron chi connectivity index (χ1n) is 8.37. The van der Waals surface area contributed by atoms with Gasteiger partial charge >= 0.3 is 11.9 Å². The summed E-state index contributed by atoms with van der Waals surface area (Å²) in [5, 5.41) is 8.99. The SMILES string of the molecule is CCOC(=O)C1CN(Cc2ccc(C(=O)O)cc2)Cc2ccccc21. The number of rotatable bonds is 5. The van der Waals surface area contributed by atoms with Crippen LogP contribution in [0.15, 0.2) is 48.5 Å². The molecule has 130 valence electrons. The maximum absolute atomic E-state index is 12.4. The van der Waals surface area contributed by atoms with Gasteiger partial charge in [-0.05, 0) is 35.7 Å². The number of ether oxygens (including phenoxy) is 1. The van der Waals surface area contributed by atoms with Gasteiger partial charge in [0.15, 0.2) is 0 Å². The van der Waals surface area contributed by atoms with Crippen molar-refractivity contribution in [3.8, 4) is 0 Å². The minimum absolute atomic E-state index is 0.194. The number of esters is 1. The fraction of sp³-hybridized carbons (Fsp3) is 0.300. The second kappa shape index (κ2) is 7.49. The Kier molecular flexibility index (Phi) is 5.14. The molecule has 0 bridgehead atoms. The lowest BCUT2D eigenvalue weighted by Crippen LogP contribution is -2.37. The predicted octanol–water partition coefficient (Wildman–Crippen LogP) is 3.05. The molecule has 1 atom stereocenters. The first-order valence-corrected chi connectivity index (χ1v) is 8.37. The highest BCUT2D eigenvalue weighted by atomic mass is 16.5. The van der Waals surface area contributed by atoms with Crippen LogP contribution in [0.3, 0.4) is 0 Å². The van der Waals surface area contributed by atoms with Gasteiger partial charge in [-0.1, -0.05) is 36.4 Å². The molecule has 2 aromatic carbocycles. The van der Waals surface area contributed by atoms with Crippen LogP contribution < -0.4 is 0 Å². The monoisotopic (exact) mass is 339 g/mol. The minimum atomic E-state index is -0.930. The van der Waals surface area contributed by atoms with Crippen LogP contribution in [-0.4, -0.2) is 35.1 Å². The Morgan fingerprint density at radius 2 is 1.88 bits per heavy atom. The van der Waals surface area contributed by atoms with Gasteiger partial charge in [-0.2, -0.15) is 0 Å². The lowest BCUT2D eigenvalue weighted by Gasteiger charge is -2.33. The number of benzene rings is 2. The van der Waals surface area contributed by atoms with E-state index in [2.05, 4.69) is 4.90 Å². The van der Waals surface area contributed by atoms with E-state index in [1.807, 2.05) is 43.3 Å². The van der Waals surface area contributed by atoms with E-state index in [4.69, 9.17) is 9.84 Å². The summed E-state index contributed by atoms with van der Waals surface area (Å²) in [6, 6.07) is 14.8. The molecule has 3 rings (SSSR count). The fourth-order valence-corrected chi connectivity index (χ4v) is 3.26. The third-order valence-corrected chi connectivity index (χ3v) is 4.44. The lowest BCUT2D eigenvalue weighted by molar-refractivity contribution is -0.145. The number of fused-ring (bicyclic) bond motifs is 1. The zero-order valence-electron chi connectivity index (χ0n) is 14.1. The number of hydrogen-bond donors (Lipinski definition) is 1. The van der Waals surface area contributed by atoms with Crippen LogP contribution >= 0.6 is 0 Å². The van der Waals surface area contributed by atoms with Crippen LogP contribution in [0.4, 0.5) is 0 Å². The quantitative estimate of drug-likeness (QED) is 0.848. The Balaban J connectivity index is 1.79. The number of carboxylic acids is 1. The van der Waals surface area contributed by atoms with E-state index in [1.165, 1.54) is 0 Å². The van der Waals surface area contributed by atoms with Gasteiger partial charge in [0.2, 0.25) is 0 Å². The number of hydrogen-bond acceptors (Lipinski definition) is 4. The largest absolute Gasteiger partial charge is 0.478 e. The Bertz CT molecular complexity index is 770. The molecule has 1 aliphatic heterocycles. The summed E-state index contributed by atoms with van der Waals surface area (Å²) in [6.07, 6.45) is 0. The maximum Gasteiger partial charge on any atom is 0.335 e. The van der Waals surface area contributed by atoms with Gasteiger partial charge in [-0.25, -0.2) is 4.79 Å². The molecule has 0 saturated heterocycles. The Hall–Kier alpha value is -2.66. The minimum Gasteiger partial charge on any atom is -0.478 e. The van der Waals surface area contributed by atoms with E-state index in [9.17, 15) is 9.59 Å². The number of aromatic carboxylic acids is 1. The summed E-state index contributed by atoms with van der Waals surface area (Å²) < 4.78 is 5.25. The molecule has 1 heterocycles. The maximum atomic E-state index is 12.4. The van der Waals surface area contributed by atoms with Crippen molar-refractivity contribution in [1.29, 1.82) is 0 Å². The highest BCUT2D eigenvalue weighted by Gasteiger charge is 2.31. The summed E-state index contributed by atoms with van der Waals surface area (Å²) in [4.78, 5) is 25.5. The molecule has 0 radical (unpaired) electrons. The molecule has 1 N–H and O–H groups in total. The topological polar surface area (TPSA) is 66.8 Å². The van der Waals surface area contributed by atoms with Gasteiger partial charge < -0.3 is 9.84 Å². The van der Waals surface area contributed by atoms with E-state index in [0.717, 1.165) is 23.2 Å². The van der Waals surface area contributed by atoms with Crippen molar-refractivity contribution in [2.24, 2.45) is 0 Å². The molecule has 0 aliphatic carbocycles. The molecule has 0 amide bonds. The van der Waals surface area contributed by atoms with Crippen molar-refractivity contribution in [2.75, 3.05) is 13.2 Å². The van der Waals surface area contributed by atoms with E-state index in [1.54, 1.807) is 12.1 Å². The van der Waals surface area contributed by atoms with Crippen LogP contribution in [0.5, 0.6) is 0 Å². The van der Waals surface area contributed by atoms with Crippen molar-refractivity contribution in [3.63, 3.8) is 0 Å². The summed E-state index contributed by atoms with van der Waals surface area (Å²) in [7, 11) is 0. The summed E-state index contributed by atoms with van der Waals surface area (Å²) in [6.45, 7) is 4.19. The van der Waals surface area contributed by atoms with Gasteiger partial charge in [0.05, 0.1) is 18.1 Å². The van der Waals surface area contributed by atoms with Crippen LogP contribution in [0, 0.1) is 0 Å². The van der Waals surface area contributed by atoms with Gasteiger partial charge in [0.1, 0.15) is 0 Å². The first-order chi connectivity index (χ1) is 12.1. The molecular formula is C20H21NO4. The average molecular weight is 339 g/mol. The fourth-order valence-electron chi connectivity index (χ4n) is 3.26. The first kappa shape index (κ1) is 17.2. The zero-order valence-corrected chi connectivity index (χ0v) is 14.1. The van der Waals surface area contributed by atoms with Crippen LogP contribution in [0.25, 0.3) is 0 Å². The van der Waals surface area contributed by atoms with E-state index in [0.29, 0.717) is 19.7 Å². The molecule has 25 heavy (non-hydrogen) atoms. The number of carbonyl (C=O) groups is 2.